The molecule has 0 aliphatic rings. The summed E-state index contributed by atoms with van der Waals surface area (Å²) >= 11 is 0. The molecule has 0 saturated carbocycles. The zero-order chi connectivity index (χ0) is 17.2. The van der Waals surface area contributed by atoms with E-state index in [1.165, 1.54) is 83.5 Å². The van der Waals surface area contributed by atoms with E-state index in [0.717, 1.165) is 19.3 Å². The highest BCUT2D eigenvalue weighted by molar-refractivity contribution is 6.32. The lowest BCUT2D eigenvalue weighted by molar-refractivity contribution is -0.149. The second-order valence-corrected chi connectivity index (χ2v) is 6.78. The van der Waals surface area contributed by atoms with Crippen LogP contribution in [0.25, 0.3) is 0 Å². The minimum Gasteiger partial charge on any atom is -0.476 e. The highest BCUT2D eigenvalue weighted by atomic mass is 16.4. The highest BCUT2D eigenvalue weighted by Gasteiger charge is 2.09. The lowest BCUT2D eigenvalue weighted by Gasteiger charge is -2.03. The summed E-state index contributed by atoms with van der Waals surface area (Å²) in [6.45, 7) is 2.26. The van der Waals surface area contributed by atoms with Gasteiger partial charge in [0.15, 0.2) is 0 Å². The van der Waals surface area contributed by atoms with Gasteiger partial charge in [0.05, 0.1) is 0 Å². The van der Waals surface area contributed by atoms with Gasteiger partial charge in [-0.2, -0.15) is 0 Å². The van der Waals surface area contributed by atoms with Crippen LogP contribution in [0, 0.1) is 0 Å². The Kier molecular flexibility index (Phi) is 16.8. The Labute approximate surface area is 143 Å². The number of hydrogen-bond donors (Lipinski definition) is 1. The van der Waals surface area contributed by atoms with Gasteiger partial charge >= 0.3 is 5.97 Å². The van der Waals surface area contributed by atoms with Crippen LogP contribution in [0.3, 0.4) is 0 Å². The Balaban J connectivity index is 3.05. The molecule has 0 heterocycles. The van der Waals surface area contributed by atoms with E-state index in [2.05, 4.69) is 6.92 Å². The summed E-state index contributed by atoms with van der Waals surface area (Å²) in [5.74, 6) is -1.93. The van der Waals surface area contributed by atoms with Gasteiger partial charge in [0.1, 0.15) is 0 Å². The van der Waals surface area contributed by atoms with Crippen LogP contribution < -0.4 is 0 Å². The maximum Gasteiger partial charge on any atom is 0.372 e. The second kappa shape index (κ2) is 17.5. The molecule has 0 saturated heterocycles. The van der Waals surface area contributed by atoms with Crippen LogP contribution in [0.5, 0.6) is 0 Å². The lowest BCUT2D eigenvalue weighted by Crippen LogP contribution is -2.11. The number of carboxylic acids is 1. The molecule has 0 atom stereocenters. The van der Waals surface area contributed by atoms with Crippen LogP contribution >= 0.6 is 0 Å². The third kappa shape index (κ3) is 17.3. The van der Waals surface area contributed by atoms with E-state index >= 15 is 0 Å². The minimum absolute atomic E-state index is 0.202. The molecule has 136 valence electrons. The maximum absolute atomic E-state index is 10.9. The van der Waals surface area contributed by atoms with Crippen molar-refractivity contribution in [1.29, 1.82) is 0 Å². The Morgan fingerprint density at radius 3 is 1.17 bits per heavy atom. The fraction of sp³-hybridized carbons (Fsp3) is 0.900. The van der Waals surface area contributed by atoms with Gasteiger partial charge in [-0.3, -0.25) is 4.79 Å². The van der Waals surface area contributed by atoms with Gasteiger partial charge in [0.25, 0.3) is 0 Å². The molecule has 0 fully saturated rings. The summed E-state index contributed by atoms with van der Waals surface area (Å²) in [7, 11) is 0. The first-order valence-electron chi connectivity index (χ1n) is 9.94. The topological polar surface area (TPSA) is 54.4 Å². The average molecular weight is 327 g/mol. The molecule has 0 unspecified atom stereocenters. The molecule has 0 radical (unpaired) electrons. The van der Waals surface area contributed by atoms with E-state index in [-0.39, 0.29) is 6.42 Å². The van der Waals surface area contributed by atoms with Gasteiger partial charge in [-0.15, -0.1) is 0 Å². The molecule has 0 aliphatic carbocycles. The van der Waals surface area contributed by atoms with Crippen LogP contribution in [-0.4, -0.2) is 16.9 Å². The SMILES string of the molecule is CCCCCCCCCCCCCCCCCCC(=O)C(=O)O. The Bertz CT molecular complexity index is 287. The molecule has 0 aromatic rings. The molecule has 0 bridgehead atoms. The van der Waals surface area contributed by atoms with Gasteiger partial charge in [-0.25, -0.2) is 4.79 Å². The van der Waals surface area contributed by atoms with Crippen molar-refractivity contribution in [1.82, 2.24) is 0 Å². The molecule has 3 nitrogen and oxygen atoms in total. The van der Waals surface area contributed by atoms with Crippen LogP contribution in [-0.2, 0) is 9.59 Å². The molecule has 0 spiro atoms. The zero-order valence-corrected chi connectivity index (χ0v) is 15.3. The molecule has 23 heavy (non-hydrogen) atoms. The summed E-state index contributed by atoms with van der Waals surface area (Å²) in [5.41, 5.74) is 0. The molecule has 0 aliphatic heterocycles. The molecule has 1 N–H and O–H groups in total. The molecule has 0 aromatic heterocycles. The number of hydrogen-bond acceptors (Lipinski definition) is 2. The van der Waals surface area contributed by atoms with Crippen LogP contribution in [0.15, 0.2) is 0 Å². The summed E-state index contributed by atoms with van der Waals surface area (Å²) in [4.78, 5) is 21.2. The fourth-order valence-electron chi connectivity index (χ4n) is 2.94. The van der Waals surface area contributed by atoms with Crippen molar-refractivity contribution in [3.63, 3.8) is 0 Å². The van der Waals surface area contributed by atoms with Crippen molar-refractivity contribution < 1.29 is 14.7 Å². The predicted molar refractivity (Wildman–Crippen MR) is 96.8 cm³/mol. The van der Waals surface area contributed by atoms with Crippen LogP contribution in [0.4, 0.5) is 0 Å². The fourth-order valence-corrected chi connectivity index (χ4v) is 2.94. The quantitative estimate of drug-likeness (QED) is 0.238. The molecule has 0 aromatic carbocycles. The van der Waals surface area contributed by atoms with Crippen LogP contribution in [0.2, 0.25) is 0 Å². The van der Waals surface area contributed by atoms with E-state index < -0.39 is 11.8 Å². The monoisotopic (exact) mass is 326 g/mol. The summed E-state index contributed by atoms with van der Waals surface area (Å²) in [5, 5.41) is 8.46. The average Bonchev–Trinajstić information content (AvgIpc) is 2.54. The van der Waals surface area contributed by atoms with Crippen molar-refractivity contribution in [2.45, 2.75) is 116 Å². The number of aliphatic carboxylic acids is 1. The third-order valence-corrected chi connectivity index (χ3v) is 4.50. The normalized spacial score (nSPS) is 10.8. The number of carbonyl (C=O) groups excluding carboxylic acids is 1. The standard InChI is InChI=1S/C20H38O3/c1-2-3-4-5-6-7-8-9-10-11-12-13-14-15-16-17-18-19(21)20(22)23/h2-18H2,1H3,(H,22,23). The number of carboxylic acid groups (broad SMARTS) is 1. The molecule has 3 heteroatoms. The first-order valence-corrected chi connectivity index (χ1v) is 9.94. The van der Waals surface area contributed by atoms with Crippen molar-refractivity contribution >= 4 is 11.8 Å². The first kappa shape index (κ1) is 22.1. The molecular formula is C20H38O3. The van der Waals surface area contributed by atoms with Gasteiger partial charge in [0, 0.05) is 6.42 Å². The van der Waals surface area contributed by atoms with Crippen molar-refractivity contribution in [3.05, 3.63) is 0 Å². The summed E-state index contributed by atoms with van der Waals surface area (Å²) in [6, 6.07) is 0. The lowest BCUT2D eigenvalue weighted by atomic mass is 10.0. The Hall–Kier alpha value is -0.860. The number of rotatable bonds is 18. The first-order chi connectivity index (χ1) is 11.2. The smallest absolute Gasteiger partial charge is 0.372 e. The van der Waals surface area contributed by atoms with E-state index in [9.17, 15) is 9.59 Å². The third-order valence-electron chi connectivity index (χ3n) is 4.50. The van der Waals surface area contributed by atoms with Gasteiger partial charge in [-0.05, 0) is 6.42 Å². The number of Topliss-reactive ketones (excluding diaryl/α,β-unsaturated/α-hetero) is 1. The maximum atomic E-state index is 10.9. The minimum atomic E-state index is -1.29. The van der Waals surface area contributed by atoms with Crippen molar-refractivity contribution in [2.75, 3.05) is 0 Å². The number of carbonyl (C=O) groups is 2. The van der Waals surface area contributed by atoms with E-state index in [4.69, 9.17) is 5.11 Å². The summed E-state index contributed by atoms with van der Waals surface area (Å²) < 4.78 is 0. The van der Waals surface area contributed by atoms with E-state index in [0.29, 0.717) is 0 Å². The largest absolute Gasteiger partial charge is 0.476 e. The number of unbranched alkanes of at least 4 members (excludes halogenated alkanes) is 15. The Morgan fingerprint density at radius 2 is 0.870 bits per heavy atom. The van der Waals surface area contributed by atoms with Gasteiger partial charge < -0.3 is 5.11 Å². The summed E-state index contributed by atoms with van der Waals surface area (Å²) in [6.07, 6.45) is 20.8. The highest BCUT2D eigenvalue weighted by Crippen LogP contribution is 2.14. The molecule has 0 rings (SSSR count). The van der Waals surface area contributed by atoms with Gasteiger partial charge in [-0.1, -0.05) is 103 Å². The van der Waals surface area contributed by atoms with Crippen molar-refractivity contribution in [3.8, 4) is 0 Å². The Morgan fingerprint density at radius 1 is 0.565 bits per heavy atom. The second-order valence-electron chi connectivity index (χ2n) is 6.78. The van der Waals surface area contributed by atoms with Gasteiger partial charge in [0.2, 0.25) is 5.78 Å². The van der Waals surface area contributed by atoms with E-state index in [1.807, 2.05) is 0 Å². The van der Waals surface area contributed by atoms with E-state index in [1.54, 1.807) is 0 Å². The van der Waals surface area contributed by atoms with Crippen molar-refractivity contribution in [2.24, 2.45) is 0 Å². The number of ketones is 1. The van der Waals surface area contributed by atoms with Crippen LogP contribution in [0.1, 0.15) is 116 Å². The molecule has 0 amide bonds. The predicted octanol–water partition coefficient (Wildman–Crippen LogP) is 6.29. The molecular weight excluding hydrogens is 288 g/mol. The zero-order valence-electron chi connectivity index (χ0n) is 15.3.